The highest BCUT2D eigenvalue weighted by Gasteiger charge is 2.36. The lowest BCUT2D eigenvalue weighted by molar-refractivity contribution is -0.146. The molecule has 2 aromatic rings. The number of hydrogen-bond donors (Lipinski definition) is 2. The van der Waals surface area contributed by atoms with Crippen molar-refractivity contribution in [3.05, 3.63) is 35.0 Å². The first-order valence-electron chi connectivity index (χ1n) is 9.68. The summed E-state index contributed by atoms with van der Waals surface area (Å²) >= 11 is 6.36. The van der Waals surface area contributed by atoms with Gasteiger partial charge in [-0.2, -0.15) is 0 Å². The van der Waals surface area contributed by atoms with Crippen molar-refractivity contribution in [3.8, 4) is 0 Å². The van der Waals surface area contributed by atoms with Crippen LogP contribution in [-0.2, 0) is 22.6 Å². The molecule has 0 radical (unpaired) electrons. The molecule has 1 saturated heterocycles. The Morgan fingerprint density at radius 1 is 1.41 bits per heavy atom. The number of carbonyl (C=O) groups excluding carboxylic acids is 1. The largest absolute Gasteiger partial charge is 0.396 e. The maximum absolute atomic E-state index is 13.0. The van der Waals surface area contributed by atoms with Crippen molar-refractivity contribution < 1.29 is 14.6 Å². The molecule has 1 aromatic heterocycles. The van der Waals surface area contributed by atoms with Gasteiger partial charge in [-0.05, 0) is 30.9 Å². The molecule has 146 valence electrons. The zero-order valence-electron chi connectivity index (χ0n) is 15.4. The van der Waals surface area contributed by atoms with Gasteiger partial charge < -0.3 is 24.6 Å². The van der Waals surface area contributed by atoms with Crippen molar-refractivity contribution in [2.45, 2.75) is 44.5 Å². The molecule has 4 rings (SSSR count). The molecule has 7 heteroatoms. The molecule has 2 aliphatic rings. The van der Waals surface area contributed by atoms with Crippen LogP contribution in [0.2, 0.25) is 5.02 Å². The smallest absolute Gasteiger partial charge is 0.253 e. The van der Waals surface area contributed by atoms with Crippen LogP contribution in [0.25, 0.3) is 10.9 Å². The molecule has 1 aromatic carbocycles. The third kappa shape index (κ3) is 4.14. The predicted octanol–water partition coefficient (Wildman–Crippen LogP) is 2.16. The summed E-state index contributed by atoms with van der Waals surface area (Å²) in [5, 5.41) is 14.1. The first-order valence-corrected chi connectivity index (χ1v) is 10.1. The van der Waals surface area contributed by atoms with Gasteiger partial charge in [-0.25, -0.2) is 0 Å². The number of morpholine rings is 1. The number of aliphatic hydroxyl groups excluding tert-OH is 1. The van der Waals surface area contributed by atoms with Gasteiger partial charge in [-0.1, -0.05) is 23.7 Å². The second kappa shape index (κ2) is 8.19. The molecule has 0 spiro atoms. The van der Waals surface area contributed by atoms with Gasteiger partial charge in [0.1, 0.15) is 6.10 Å². The Labute approximate surface area is 164 Å². The Morgan fingerprint density at radius 2 is 2.26 bits per heavy atom. The van der Waals surface area contributed by atoms with Crippen LogP contribution in [0.5, 0.6) is 0 Å². The molecule has 1 saturated carbocycles. The number of benzene rings is 1. The number of aliphatic hydroxyl groups is 1. The zero-order valence-corrected chi connectivity index (χ0v) is 16.1. The number of hydrogen-bond acceptors (Lipinski definition) is 4. The molecule has 2 N–H and O–H groups in total. The van der Waals surface area contributed by atoms with E-state index in [-0.39, 0.29) is 18.6 Å². The normalized spacial score (nSPS) is 20.1. The van der Waals surface area contributed by atoms with E-state index in [2.05, 4.69) is 16.0 Å². The fourth-order valence-electron chi connectivity index (χ4n) is 3.70. The summed E-state index contributed by atoms with van der Waals surface area (Å²) < 4.78 is 7.75. The summed E-state index contributed by atoms with van der Waals surface area (Å²) in [4.78, 5) is 14.9. The Hall–Kier alpha value is -1.60. The van der Waals surface area contributed by atoms with Crippen molar-refractivity contribution in [1.82, 2.24) is 14.8 Å². The Bertz CT molecular complexity index is 812. The molecule has 1 aliphatic carbocycles. The van der Waals surface area contributed by atoms with Gasteiger partial charge in [-0.15, -0.1) is 0 Å². The van der Waals surface area contributed by atoms with Gasteiger partial charge in [0, 0.05) is 55.9 Å². The van der Waals surface area contributed by atoms with Gasteiger partial charge in [0.25, 0.3) is 5.91 Å². The van der Waals surface area contributed by atoms with Crippen LogP contribution in [-0.4, -0.2) is 58.9 Å². The number of aromatic nitrogens is 1. The second-order valence-electron chi connectivity index (χ2n) is 7.36. The fourth-order valence-corrected chi connectivity index (χ4v) is 3.97. The summed E-state index contributed by atoms with van der Waals surface area (Å²) in [5.74, 6) is 0.0819. The number of fused-ring (bicyclic) bond motifs is 1. The Morgan fingerprint density at radius 3 is 2.96 bits per heavy atom. The van der Waals surface area contributed by atoms with Gasteiger partial charge >= 0.3 is 0 Å². The minimum Gasteiger partial charge on any atom is -0.396 e. The average molecular weight is 392 g/mol. The molecular weight excluding hydrogens is 366 g/mol. The maximum Gasteiger partial charge on any atom is 0.253 e. The molecule has 2 heterocycles. The van der Waals surface area contributed by atoms with Crippen LogP contribution < -0.4 is 5.32 Å². The highest BCUT2D eigenvalue weighted by atomic mass is 35.5. The van der Waals surface area contributed by atoms with E-state index < -0.39 is 0 Å². The molecule has 1 amide bonds. The van der Waals surface area contributed by atoms with Crippen LogP contribution in [0.3, 0.4) is 0 Å². The molecule has 6 nitrogen and oxygen atoms in total. The number of carbonyl (C=O) groups is 1. The SMILES string of the molecule is O=C(C1CNCCO1)N(Cc1ccc2c(Cl)cn(CCCO)c2c1)C1CC1. The quantitative estimate of drug-likeness (QED) is 0.759. The van der Waals surface area contributed by atoms with Crippen molar-refractivity contribution in [2.75, 3.05) is 26.3 Å². The third-order valence-corrected chi connectivity index (χ3v) is 5.58. The first kappa shape index (κ1) is 18.7. The fraction of sp³-hybridized carbons (Fsp3) is 0.550. The van der Waals surface area contributed by atoms with E-state index in [1.807, 2.05) is 23.2 Å². The average Bonchev–Trinajstić information content (AvgIpc) is 3.49. The van der Waals surface area contributed by atoms with Crippen LogP contribution in [0.15, 0.2) is 24.4 Å². The lowest BCUT2D eigenvalue weighted by Crippen LogP contribution is -2.49. The lowest BCUT2D eigenvalue weighted by atomic mass is 10.1. The van der Waals surface area contributed by atoms with Crippen LogP contribution in [0, 0.1) is 0 Å². The van der Waals surface area contributed by atoms with Gasteiger partial charge in [0.15, 0.2) is 0 Å². The number of nitrogens with zero attached hydrogens (tertiary/aromatic N) is 2. The topological polar surface area (TPSA) is 66.7 Å². The molecule has 2 fully saturated rings. The van der Waals surface area contributed by atoms with E-state index in [0.29, 0.717) is 37.2 Å². The first-order chi connectivity index (χ1) is 13.2. The van der Waals surface area contributed by atoms with Crippen LogP contribution in [0.4, 0.5) is 0 Å². The summed E-state index contributed by atoms with van der Waals surface area (Å²) in [6.45, 7) is 3.42. The minimum atomic E-state index is -0.383. The van der Waals surface area contributed by atoms with Crippen molar-refractivity contribution in [1.29, 1.82) is 0 Å². The lowest BCUT2D eigenvalue weighted by Gasteiger charge is -2.30. The molecule has 1 atom stereocenters. The van der Waals surface area contributed by atoms with E-state index in [1.165, 1.54) is 0 Å². The third-order valence-electron chi connectivity index (χ3n) is 5.28. The summed E-state index contributed by atoms with van der Waals surface area (Å²) in [5.41, 5.74) is 2.14. The number of rotatable bonds is 7. The highest BCUT2D eigenvalue weighted by molar-refractivity contribution is 6.35. The Kier molecular flexibility index (Phi) is 5.68. The van der Waals surface area contributed by atoms with Crippen molar-refractivity contribution in [2.24, 2.45) is 0 Å². The van der Waals surface area contributed by atoms with E-state index in [9.17, 15) is 4.79 Å². The number of ether oxygens (including phenoxy) is 1. The van der Waals surface area contributed by atoms with E-state index in [1.54, 1.807) is 0 Å². The number of nitrogens with one attached hydrogen (secondary N) is 1. The molecule has 27 heavy (non-hydrogen) atoms. The summed E-state index contributed by atoms with van der Waals surface area (Å²) in [6.07, 6.45) is 4.34. The Balaban J connectivity index is 1.56. The van der Waals surface area contributed by atoms with E-state index in [0.717, 1.165) is 42.4 Å². The zero-order chi connectivity index (χ0) is 18.8. The standard InChI is InChI=1S/C20H26ClN3O3/c21-17-13-23(7-1-8-25)18-10-14(2-5-16(17)18)12-24(15-3-4-15)20(26)19-11-22-6-9-27-19/h2,5,10,13,15,19,22,25H,1,3-4,6-9,11-12H2. The summed E-state index contributed by atoms with van der Waals surface area (Å²) in [7, 11) is 0. The van der Waals surface area contributed by atoms with E-state index >= 15 is 0 Å². The molecule has 1 aliphatic heterocycles. The molecule has 0 bridgehead atoms. The highest BCUT2D eigenvalue weighted by Crippen LogP contribution is 2.31. The maximum atomic E-state index is 13.0. The number of aryl methyl sites for hydroxylation is 1. The van der Waals surface area contributed by atoms with Gasteiger partial charge in [0.2, 0.25) is 0 Å². The predicted molar refractivity (Wildman–Crippen MR) is 105 cm³/mol. The van der Waals surface area contributed by atoms with E-state index in [4.69, 9.17) is 21.4 Å². The number of halogens is 1. The molecule has 1 unspecified atom stereocenters. The van der Waals surface area contributed by atoms with Crippen molar-refractivity contribution >= 4 is 28.4 Å². The monoisotopic (exact) mass is 391 g/mol. The van der Waals surface area contributed by atoms with Gasteiger partial charge in [-0.3, -0.25) is 4.79 Å². The molecular formula is C20H26ClN3O3. The van der Waals surface area contributed by atoms with Crippen molar-refractivity contribution in [3.63, 3.8) is 0 Å². The number of amides is 1. The van der Waals surface area contributed by atoms with Crippen LogP contribution >= 0.6 is 11.6 Å². The minimum absolute atomic E-state index is 0.0819. The summed E-state index contributed by atoms with van der Waals surface area (Å²) in [6, 6.07) is 6.51. The second-order valence-corrected chi connectivity index (χ2v) is 7.77. The van der Waals surface area contributed by atoms with Crippen LogP contribution in [0.1, 0.15) is 24.8 Å². The van der Waals surface area contributed by atoms with Gasteiger partial charge in [0.05, 0.1) is 11.6 Å².